The van der Waals surface area contributed by atoms with Crippen molar-refractivity contribution < 1.29 is 1.37 Å². The van der Waals surface area contributed by atoms with E-state index in [0.717, 1.165) is 13.1 Å². The predicted molar refractivity (Wildman–Crippen MR) is 37.0 cm³/mol. The van der Waals surface area contributed by atoms with Crippen molar-refractivity contribution in [3.8, 4) is 0 Å². The summed E-state index contributed by atoms with van der Waals surface area (Å²) in [7, 11) is 0. The van der Waals surface area contributed by atoms with Crippen molar-refractivity contribution >= 4 is 0 Å². The van der Waals surface area contributed by atoms with E-state index in [4.69, 9.17) is 1.37 Å². The summed E-state index contributed by atoms with van der Waals surface area (Å²) in [5.41, 5.74) is 2.63. The lowest BCUT2D eigenvalue weighted by Crippen LogP contribution is -1.99. The maximum atomic E-state index is 7.34. The fraction of sp³-hybridized carbons (Fsp3) is 0.250. The highest BCUT2D eigenvalue weighted by Gasteiger charge is 2.06. The number of benzene rings is 1. The van der Waals surface area contributed by atoms with Crippen molar-refractivity contribution in [2.45, 2.75) is 13.1 Å². The van der Waals surface area contributed by atoms with Crippen molar-refractivity contribution in [3.63, 3.8) is 0 Å². The van der Waals surface area contributed by atoms with Crippen molar-refractivity contribution in [2.24, 2.45) is 0 Å². The summed E-state index contributed by atoms with van der Waals surface area (Å²) in [6.45, 7) is 1.90. The molecule has 0 amide bonds. The first-order chi connectivity index (χ1) is 4.86. The second kappa shape index (κ2) is 1.85. The van der Waals surface area contributed by atoms with Gasteiger partial charge in [0.1, 0.15) is 0 Å². The van der Waals surface area contributed by atoms with Gasteiger partial charge in [-0.15, -0.1) is 0 Å². The molecule has 1 heteroatoms. The minimum atomic E-state index is 0.613. The summed E-state index contributed by atoms with van der Waals surface area (Å²) in [5, 5.41) is 3.23. The van der Waals surface area contributed by atoms with Gasteiger partial charge in [0.05, 0.1) is 1.37 Å². The Kier molecular flexibility index (Phi) is 0.836. The van der Waals surface area contributed by atoms with Gasteiger partial charge in [0.15, 0.2) is 0 Å². The van der Waals surface area contributed by atoms with Crippen LogP contribution in [0.2, 0.25) is 0 Å². The van der Waals surface area contributed by atoms with Crippen molar-refractivity contribution in [2.75, 3.05) is 0 Å². The number of hydrogen-bond acceptors (Lipinski definition) is 1. The molecule has 1 N–H and O–H groups in total. The molecule has 0 aliphatic carbocycles. The predicted octanol–water partition coefficient (Wildman–Crippen LogP) is 1.29. The van der Waals surface area contributed by atoms with Crippen LogP contribution in [-0.2, 0) is 13.1 Å². The standard InChI is InChI=1S/C8H9N/c1-2-4-8-6-9-5-7(8)3-1/h1-4,9H,5-6H2/i1D. The van der Waals surface area contributed by atoms with Crippen LogP contribution in [0, 0.1) is 0 Å². The van der Waals surface area contributed by atoms with E-state index in [2.05, 4.69) is 5.32 Å². The minimum absolute atomic E-state index is 0.613. The van der Waals surface area contributed by atoms with Crippen LogP contribution in [0.5, 0.6) is 0 Å². The zero-order valence-electron chi connectivity index (χ0n) is 6.15. The molecule has 0 aromatic heterocycles. The fourth-order valence-electron chi connectivity index (χ4n) is 1.17. The molecule has 1 aromatic rings. The van der Waals surface area contributed by atoms with Crippen LogP contribution in [0.3, 0.4) is 0 Å². The Morgan fingerprint density at radius 2 is 2.11 bits per heavy atom. The lowest BCUT2D eigenvalue weighted by Gasteiger charge is -1.91. The lowest BCUT2D eigenvalue weighted by molar-refractivity contribution is 0.765. The van der Waals surface area contributed by atoms with Crippen LogP contribution >= 0.6 is 0 Å². The molecule has 2 rings (SSSR count). The van der Waals surface area contributed by atoms with E-state index in [9.17, 15) is 0 Å². The molecule has 1 nitrogen and oxygen atoms in total. The highest BCUT2D eigenvalue weighted by atomic mass is 14.9. The summed E-state index contributed by atoms with van der Waals surface area (Å²) < 4.78 is 7.34. The van der Waals surface area contributed by atoms with Crippen LogP contribution in [0.15, 0.2) is 24.2 Å². The van der Waals surface area contributed by atoms with Crippen LogP contribution in [0.25, 0.3) is 0 Å². The quantitative estimate of drug-likeness (QED) is 0.544. The molecule has 1 heterocycles. The Morgan fingerprint density at radius 3 is 3.00 bits per heavy atom. The summed E-state index contributed by atoms with van der Waals surface area (Å²) in [6.07, 6.45) is 0. The monoisotopic (exact) mass is 120 g/mol. The second-order valence-electron chi connectivity index (χ2n) is 2.30. The zero-order valence-corrected chi connectivity index (χ0v) is 5.15. The van der Waals surface area contributed by atoms with Gasteiger partial charge in [-0.05, 0) is 11.1 Å². The van der Waals surface area contributed by atoms with E-state index in [1.165, 1.54) is 11.1 Å². The van der Waals surface area contributed by atoms with Crippen LogP contribution in [0.1, 0.15) is 12.5 Å². The maximum absolute atomic E-state index is 7.34. The summed E-state index contributed by atoms with van der Waals surface area (Å²) >= 11 is 0. The topological polar surface area (TPSA) is 12.0 Å². The van der Waals surface area contributed by atoms with E-state index in [0.29, 0.717) is 6.04 Å². The molecule has 0 saturated carbocycles. The minimum Gasteiger partial charge on any atom is -0.309 e. The largest absolute Gasteiger partial charge is 0.309 e. The molecule has 9 heavy (non-hydrogen) atoms. The molecule has 0 spiro atoms. The Bertz CT molecular complexity index is 257. The van der Waals surface area contributed by atoms with Crippen molar-refractivity contribution in [1.82, 2.24) is 5.32 Å². The van der Waals surface area contributed by atoms with E-state index in [-0.39, 0.29) is 0 Å². The van der Waals surface area contributed by atoms with Gasteiger partial charge in [-0.2, -0.15) is 0 Å². The summed E-state index contributed by atoms with van der Waals surface area (Å²) in [4.78, 5) is 0. The normalized spacial score (nSPS) is 17.1. The number of rotatable bonds is 0. The third kappa shape index (κ3) is 0.736. The van der Waals surface area contributed by atoms with E-state index < -0.39 is 0 Å². The zero-order chi connectivity index (χ0) is 6.97. The molecule has 0 unspecified atom stereocenters. The van der Waals surface area contributed by atoms with Crippen LogP contribution in [-0.4, -0.2) is 0 Å². The molecule has 1 aliphatic heterocycles. The smallest absolute Gasteiger partial charge is 0.0623 e. The molecule has 1 aliphatic rings. The van der Waals surface area contributed by atoms with Crippen LogP contribution < -0.4 is 5.32 Å². The second-order valence-corrected chi connectivity index (χ2v) is 2.30. The van der Waals surface area contributed by atoms with Gasteiger partial charge < -0.3 is 5.32 Å². The van der Waals surface area contributed by atoms with E-state index in [1.807, 2.05) is 18.2 Å². The van der Waals surface area contributed by atoms with Gasteiger partial charge in [-0.3, -0.25) is 0 Å². The Morgan fingerprint density at radius 1 is 1.33 bits per heavy atom. The van der Waals surface area contributed by atoms with Gasteiger partial charge in [0, 0.05) is 13.1 Å². The molecule has 0 atom stereocenters. The highest BCUT2D eigenvalue weighted by molar-refractivity contribution is 5.29. The Balaban J connectivity index is 2.52. The summed E-state index contributed by atoms with van der Waals surface area (Å²) in [6, 6.07) is 6.40. The molecule has 1 aromatic carbocycles. The third-order valence-corrected chi connectivity index (χ3v) is 1.68. The molecule has 0 bridgehead atoms. The first-order valence-electron chi connectivity index (χ1n) is 3.65. The first kappa shape index (κ1) is 4.07. The van der Waals surface area contributed by atoms with Gasteiger partial charge in [0.2, 0.25) is 0 Å². The van der Waals surface area contributed by atoms with Crippen LogP contribution in [0.4, 0.5) is 0 Å². The molecular weight excluding hydrogens is 110 g/mol. The van der Waals surface area contributed by atoms with Gasteiger partial charge in [-0.25, -0.2) is 0 Å². The van der Waals surface area contributed by atoms with E-state index >= 15 is 0 Å². The van der Waals surface area contributed by atoms with E-state index in [1.54, 1.807) is 0 Å². The number of hydrogen-bond donors (Lipinski definition) is 1. The average molecular weight is 120 g/mol. The molecular formula is C8H9N. The molecule has 0 fully saturated rings. The van der Waals surface area contributed by atoms with Gasteiger partial charge in [0.25, 0.3) is 0 Å². The lowest BCUT2D eigenvalue weighted by atomic mass is 10.1. The number of fused-ring (bicyclic) bond motifs is 1. The SMILES string of the molecule is [2H]c1ccc2c(c1)CNC2. The highest BCUT2D eigenvalue weighted by Crippen LogP contribution is 2.12. The summed E-state index contributed by atoms with van der Waals surface area (Å²) in [5.74, 6) is 0. The Hall–Kier alpha value is -0.820. The Labute approximate surface area is 56.1 Å². The first-order valence-corrected chi connectivity index (χ1v) is 3.15. The van der Waals surface area contributed by atoms with Gasteiger partial charge in [-0.1, -0.05) is 24.2 Å². The molecule has 0 saturated heterocycles. The fourth-order valence-corrected chi connectivity index (χ4v) is 1.17. The molecule has 46 valence electrons. The van der Waals surface area contributed by atoms with Gasteiger partial charge >= 0.3 is 0 Å². The van der Waals surface area contributed by atoms with Crippen molar-refractivity contribution in [3.05, 3.63) is 35.4 Å². The maximum Gasteiger partial charge on any atom is 0.0623 e. The van der Waals surface area contributed by atoms with Crippen molar-refractivity contribution in [1.29, 1.82) is 0 Å². The molecule has 0 radical (unpaired) electrons. The third-order valence-electron chi connectivity index (χ3n) is 1.68. The number of nitrogens with one attached hydrogen (secondary N) is 1. The average Bonchev–Trinajstić information content (AvgIpc) is 2.33.